The highest BCUT2D eigenvalue weighted by Crippen LogP contribution is 2.47. The average molecular weight is 260 g/mol. The van der Waals surface area contributed by atoms with Gasteiger partial charge in [0.05, 0.1) is 11.2 Å². The van der Waals surface area contributed by atoms with Crippen molar-refractivity contribution >= 4 is 17.2 Å². The molecule has 0 fully saturated rings. The number of hydrogen-bond donors (Lipinski definition) is 2. The topological polar surface area (TPSA) is 51.1 Å². The van der Waals surface area contributed by atoms with Gasteiger partial charge in [0.1, 0.15) is 23.4 Å². The first-order valence-corrected chi connectivity index (χ1v) is 6.51. The van der Waals surface area contributed by atoms with E-state index in [4.69, 9.17) is 0 Å². The van der Waals surface area contributed by atoms with Crippen molar-refractivity contribution in [2.45, 2.75) is 39.4 Å². The first kappa shape index (κ1) is 12.1. The number of benzene rings is 1. The van der Waals surface area contributed by atoms with Gasteiger partial charge in [-0.1, -0.05) is 6.07 Å². The number of phenolic OH excluding ortho intramolecular Hbond substituents is 1. The Balaban J connectivity index is 2.27. The monoisotopic (exact) mass is 260 g/mol. The third kappa shape index (κ3) is 1.50. The van der Waals surface area contributed by atoms with E-state index in [1.807, 2.05) is 25.0 Å². The smallest absolute Gasteiger partial charge is 0.146 e. The maximum Gasteiger partial charge on any atom is 0.146 e. The third-order valence-corrected chi connectivity index (χ3v) is 3.94. The zero-order valence-corrected chi connectivity index (χ0v) is 12.0. The van der Waals surface area contributed by atoms with Crippen molar-refractivity contribution in [3.05, 3.63) is 17.7 Å². The number of nitrogens with one attached hydrogen (secondary N) is 1. The molecule has 0 saturated carbocycles. The lowest BCUT2D eigenvalue weighted by Gasteiger charge is -2.47. The summed E-state index contributed by atoms with van der Waals surface area (Å²) in [4.78, 5) is 2.21. The van der Waals surface area contributed by atoms with Crippen LogP contribution in [0.3, 0.4) is 0 Å². The second-order valence-electron chi connectivity index (χ2n) is 5.94. The summed E-state index contributed by atoms with van der Waals surface area (Å²) >= 11 is 0. The molecule has 5 heteroatoms. The highest BCUT2D eigenvalue weighted by Gasteiger charge is 2.47. The fourth-order valence-corrected chi connectivity index (χ4v) is 3.25. The van der Waals surface area contributed by atoms with E-state index >= 15 is 0 Å². The third-order valence-electron chi connectivity index (χ3n) is 3.94. The summed E-state index contributed by atoms with van der Waals surface area (Å²) in [6.07, 6.45) is 0.112. The highest BCUT2D eigenvalue weighted by molar-refractivity contribution is 6.04. The number of anilines is 2. The number of amidine groups is 1. The molecule has 2 heterocycles. The van der Waals surface area contributed by atoms with Crippen LogP contribution in [-0.2, 0) is 0 Å². The molecule has 0 saturated heterocycles. The van der Waals surface area contributed by atoms with Crippen LogP contribution in [0.4, 0.5) is 11.4 Å². The summed E-state index contributed by atoms with van der Waals surface area (Å²) in [6, 6.07) is 3.68. The molecule has 1 aromatic rings. The van der Waals surface area contributed by atoms with Crippen LogP contribution >= 0.6 is 0 Å². The van der Waals surface area contributed by atoms with Gasteiger partial charge in [-0.15, -0.1) is 0 Å². The zero-order chi connectivity index (χ0) is 13.9. The van der Waals surface area contributed by atoms with E-state index in [1.54, 1.807) is 6.07 Å². The summed E-state index contributed by atoms with van der Waals surface area (Å²) in [6.45, 7) is 8.31. The molecule has 5 nitrogen and oxygen atoms in total. The molecule has 0 aliphatic carbocycles. The first-order chi connectivity index (χ1) is 8.83. The molecule has 0 bridgehead atoms. The fraction of sp³-hybridized carbons (Fsp3) is 0.500. The van der Waals surface area contributed by atoms with E-state index in [-0.39, 0.29) is 17.5 Å². The van der Waals surface area contributed by atoms with Crippen LogP contribution in [0.2, 0.25) is 0 Å². The second kappa shape index (κ2) is 3.56. The Hall–Kier alpha value is -1.91. The number of fused-ring (bicyclic) bond motifs is 3. The first-order valence-electron chi connectivity index (χ1n) is 6.51. The average Bonchev–Trinajstić information content (AvgIpc) is 2.60. The van der Waals surface area contributed by atoms with Gasteiger partial charge in [-0.05, 0) is 39.3 Å². The van der Waals surface area contributed by atoms with Crippen molar-refractivity contribution in [1.82, 2.24) is 5.01 Å². The maximum atomic E-state index is 10.1. The normalized spacial score (nSPS) is 23.6. The molecular weight excluding hydrogens is 240 g/mol. The summed E-state index contributed by atoms with van der Waals surface area (Å²) in [5.74, 6) is 1.24. The minimum atomic E-state index is -0.214. The van der Waals surface area contributed by atoms with Crippen LogP contribution in [0.1, 0.15) is 26.3 Å². The van der Waals surface area contributed by atoms with Gasteiger partial charge < -0.3 is 15.3 Å². The quantitative estimate of drug-likeness (QED) is 0.703. The number of hydrazone groups is 1. The summed E-state index contributed by atoms with van der Waals surface area (Å²) in [5, 5.41) is 20.1. The number of nitrogens with zero attached hydrogens (tertiary/aromatic N) is 3. The van der Waals surface area contributed by atoms with Crippen molar-refractivity contribution in [1.29, 1.82) is 0 Å². The van der Waals surface area contributed by atoms with Gasteiger partial charge in [0.2, 0.25) is 0 Å². The van der Waals surface area contributed by atoms with E-state index in [9.17, 15) is 5.11 Å². The van der Waals surface area contributed by atoms with Gasteiger partial charge in [0.15, 0.2) is 0 Å². The molecule has 2 aliphatic rings. The van der Waals surface area contributed by atoms with Crippen molar-refractivity contribution in [3.63, 3.8) is 0 Å². The van der Waals surface area contributed by atoms with Crippen molar-refractivity contribution in [3.8, 4) is 5.75 Å². The van der Waals surface area contributed by atoms with E-state index < -0.39 is 0 Å². The molecule has 2 N–H and O–H groups in total. The molecular formula is C14H20N4O. The predicted octanol–water partition coefficient (Wildman–Crippen LogP) is 2.32. The van der Waals surface area contributed by atoms with E-state index in [0.717, 1.165) is 22.8 Å². The number of hydrogen-bond acceptors (Lipinski definition) is 5. The maximum absolute atomic E-state index is 10.1. The van der Waals surface area contributed by atoms with Crippen molar-refractivity contribution < 1.29 is 5.11 Å². The number of phenols is 1. The van der Waals surface area contributed by atoms with Crippen LogP contribution < -0.4 is 10.2 Å². The number of aromatic hydroxyl groups is 1. The van der Waals surface area contributed by atoms with Crippen LogP contribution in [0, 0.1) is 6.92 Å². The van der Waals surface area contributed by atoms with Crippen molar-refractivity contribution in [2.75, 3.05) is 17.3 Å². The van der Waals surface area contributed by atoms with Gasteiger partial charge in [0, 0.05) is 7.05 Å². The van der Waals surface area contributed by atoms with Gasteiger partial charge in [-0.2, -0.15) is 5.10 Å². The molecule has 0 amide bonds. The molecule has 102 valence electrons. The summed E-state index contributed by atoms with van der Waals surface area (Å²) in [7, 11) is 1.99. The molecule has 0 radical (unpaired) electrons. The molecule has 2 aliphatic heterocycles. The minimum Gasteiger partial charge on any atom is -0.506 e. The van der Waals surface area contributed by atoms with Crippen LogP contribution in [0.25, 0.3) is 0 Å². The van der Waals surface area contributed by atoms with Crippen LogP contribution in [0.5, 0.6) is 5.75 Å². The van der Waals surface area contributed by atoms with E-state index in [0.29, 0.717) is 0 Å². The van der Waals surface area contributed by atoms with Gasteiger partial charge in [-0.25, -0.2) is 0 Å². The Kier molecular flexibility index (Phi) is 2.27. The number of likely N-dealkylation sites (N-methyl/N-ethyl adjacent to an activating group) is 1. The SMILES string of the molecule is CC1=NN(C)C2N1c1c(C)ccc(O)c1NC2(C)C. The molecule has 1 unspecified atom stereocenters. The lowest BCUT2D eigenvalue weighted by Crippen LogP contribution is -2.60. The molecule has 3 rings (SSSR count). The summed E-state index contributed by atoms with van der Waals surface area (Å²) < 4.78 is 0. The Morgan fingerprint density at radius 1 is 1.32 bits per heavy atom. The molecule has 19 heavy (non-hydrogen) atoms. The van der Waals surface area contributed by atoms with E-state index in [2.05, 4.69) is 36.1 Å². The predicted molar refractivity (Wildman–Crippen MR) is 77.7 cm³/mol. The molecule has 0 aromatic heterocycles. The second-order valence-corrected chi connectivity index (χ2v) is 5.94. The van der Waals surface area contributed by atoms with E-state index in [1.165, 1.54) is 0 Å². The molecule has 0 spiro atoms. The van der Waals surface area contributed by atoms with Gasteiger partial charge >= 0.3 is 0 Å². The Labute approximate surface area is 113 Å². The molecule has 1 atom stereocenters. The summed E-state index contributed by atoms with van der Waals surface area (Å²) in [5.41, 5.74) is 2.74. The number of rotatable bonds is 0. The lowest BCUT2D eigenvalue weighted by atomic mass is 9.93. The van der Waals surface area contributed by atoms with Gasteiger partial charge in [0.25, 0.3) is 0 Å². The lowest BCUT2D eigenvalue weighted by molar-refractivity contribution is 0.210. The highest BCUT2D eigenvalue weighted by atomic mass is 16.3. The zero-order valence-electron chi connectivity index (χ0n) is 12.0. The van der Waals surface area contributed by atoms with Crippen molar-refractivity contribution in [2.24, 2.45) is 5.10 Å². The Morgan fingerprint density at radius 2 is 2.00 bits per heavy atom. The largest absolute Gasteiger partial charge is 0.506 e. The molecule has 1 aromatic carbocycles. The van der Waals surface area contributed by atoms with Crippen LogP contribution in [-0.4, -0.2) is 34.7 Å². The Bertz CT molecular complexity index is 579. The minimum absolute atomic E-state index is 0.112. The fourth-order valence-electron chi connectivity index (χ4n) is 3.25. The van der Waals surface area contributed by atoms with Crippen LogP contribution in [0.15, 0.2) is 17.2 Å². The Morgan fingerprint density at radius 3 is 2.68 bits per heavy atom. The van der Waals surface area contributed by atoms with Gasteiger partial charge in [-0.3, -0.25) is 5.01 Å². The number of aryl methyl sites for hydroxylation is 1. The standard InChI is InChI=1S/C14H20N4O/c1-8-6-7-10(19)11-12(8)18-9(2)16-17(5)13(18)14(3,4)15-11/h6-7,13,15,19H,1-5H3.